The lowest BCUT2D eigenvalue weighted by atomic mass is 9.79. The van der Waals surface area contributed by atoms with E-state index in [9.17, 15) is 9.18 Å². The summed E-state index contributed by atoms with van der Waals surface area (Å²) in [6.45, 7) is 9.77. The van der Waals surface area contributed by atoms with Crippen LogP contribution in [-0.2, 0) is 14.0 Å². The van der Waals surface area contributed by atoms with Crippen LogP contribution in [0.1, 0.15) is 27.7 Å². The van der Waals surface area contributed by atoms with Crippen molar-refractivity contribution in [3.05, 3.63) is 24.0 Å². The van der Waals surface area contributed by atoms with Crippen LogP contribution >= 0.6 is 0 Å². The quantitative estimate of drug-likeness (QED) is 0.829. The van der Waals surface area contributed by atoms with Gasteiger partial charge in [0.25, 0.3) is 0 Å². The van der Waals surface area contributed by atoms with Gasteiger partial charge in [0, 0.05) is 13.1 Å². The van der Waals surface area contributed by atoms with Crippen LogP contribution in [-0.4, -0.2) is 55.6 Å². The molecule has 0 atom stereocenters. The van der Waals surface area contributed by atoms with Gasteiger partial charge >= 0.3 is 13.1 Å². The van der Waals surface area contributed by atoms with Crippen LogP contribution in [0.2, 0.25) is 0 Å². The number of carbonyl (C=O) groups excluding carboxylic acids is 1. The Morgan fingerprint density at radius 2 is 1.76 bits per heavy atom. The van der Waals surface area contributed by atoms with E-state index in [0.717, 1.165) is 0 Å². The van der Waals surface area contributed by atoms with Crippen LogP contribution in [0.4, 0.5) is 14.9 Å². The number of amides is 2. The van der Waals surface area contributed by atoms with E-state index in [4.69, 9.17) is 14.0 Å². The van der Waals surface area contributed by atoms with E-state index in [1.165, 1.54) is 12.1 Å². The number of halogens is 1. The highest BCUT2D eigenvalue weighted by Crippen LogP contribution is 2.36. The fourth-order valence-corrected chi connectivity index (χ4v) is 2.72. The van der Waals surface area contributed by atoms with Crippen molar-refractivity contribution in [2.24, 2.45) is 0 Å². The Balaban J connectivity index is 1.70. The minimum absolute atomic E-state index is 0.136. The van der Waals surface area contributed by atoms with Crippen molar-refractivity contribution < 1.29 is 23.2 Å². The predicted molar refractivity (Wildman–Crippen MR) is 93.5 cm³/mol. The van der Waals surface area contributed by atoms with E-state index in [2.05, 4.69) is 5.32 Å². The van der Waals surface area contributed by atoms with E-state index >= 15 is 0 Å². The molecule has 0 saturated carbocycles. The van der Waals surface area contributed by atoms with Gasteiger partial charge in [-0.05, 0) is 45.3 Å². The number of ether oxygens (including phenoxy) is 1. The molecule has 0 aliphatic carbocycles. The number of hydrogen-bond donors (Lipinski definition) is 1. The predicted octanol–water partition coefficient (Wildman–Crippen LogP) is 1.99. The molecule has 2 aliphatic rings. The van der Waals surface area contributed by atoms with E-state index in [1.807, 2.05) is 27.7 Å². The van der Waals surface area contributed by atoms with Gasteiger partial charge in [0.2, 0.25) is 0 Å². The first-order chi connectivity index (χ1) is 11.7. The second kappa shape index (κ2) is 6.59. The summed E-state index contributed by atoms with van der Waals surface area (Å²) < 4.78 is 31.5. The number of urea groups is 1. The molecule has 0 radical (unpaired) electrons. The number of hydrogen-bond acceptors (Lipinski definition) is 4. The molecular formula is C17H24BFN2O4. The molecule has 1 aromatic carbocycles. The lowest BCUT2D eigenvalue weighted by Gasteiger charge is -2.32. The molecule has 1 aromatic rings. The average molecular weight is 350 g/mol. The molecular weight excluding hydrogens is 326 g/mol. The minimum Gasteiger partial charge on any atom is -0.399 e. The molecule has 1 N–H and O–H groups in total. The van der Waals surface area contributed by atoms with Crippen molar-refractivity contribution in [1.82, 2.24) is 4.90 Å². The highest BCUT2D eigenvalue weighted by atomic mass is 19.1. The molecule has 8 heteroatoms. The Bertz CT molecular complexity index is 646. The lowest BCUT2D eigenvalue weighted by molar-refractivity contribution is 0.00578. The minimum atomic E-state index is -0.636. The Labute approximate surface area is 147 Å². The molecule has 3 rings (SSSR count). The average Bonchev–Trinajstić information content (AvgIpc) is 2.78. The van der Waals surface area contributed by atoms with Crippen molar-refractivity contribution in [3.63, 3.8) is 0 Å². The zero-order valence-electron chi connectivity index (χ0n) is 15.1. The van der Waals surface area contributed by atoms with Gasteiger partial charge in [0.05, 0.1) is 30.1 Å². The second-order valence-corrected chi connectivity index (χ2v) is 7.36. The third-order valence-corrected chi connectivity index (χ3v) is 5.06. The van der Waals surface area contributed by atoms with Gasteiger partial charge in [-0.15, -0.1) is 0 Å². The molecule has 136 valence electrons. The van der Waals surface area contributed by atoms with Crippen molar-refractivity contribution >= 4 is 24.3 Å². The molecule has 6 nitrogen and oxygen atoms in total. The van der Waals surface area contributed by atoms with Crippen LogP contribution in [0.25, 0.3) is 0 Å². The van der Waals surface area contributed by atoms with Crippen LogP contribution in [0, 0.1) is 5.82 Å². The summed E-state index contributed by atoms with van der Waals surface area (Å²) in [6, 6.07) is 4.26. The summed E-state index contributed by atoms with van der Waals surface area (Å²) in [5.41, 5.74) is -0.258. The number of morpholine rings is 1. The van der Waals surface area contributed by atoms with Crippen molar-refractivity contribution in [2.75, 3.05) is 31.6 Å². The Hall–Kier alpha value is -1.64. The first-order valence-electron chi connectivity index (χ1n) is 8.48. The highest BCUT2D eigenvalue weighted by molar-refractivity contribution is 6.62. The molecule has 2 heterocycles. The maximum atomic E-state index is 14.4. The monoisotopic (exact) mass is 350 g/mol. The molecule has 0 unspecified atom stereocenters. The van der Waals surface area contributed by atoms with Gasteiger partial charge in [0.15, 0.2) is 0 Å². The van der Waals surface area contributed by atoms with E-state index in [1.54, 1.807) is 11.0 Å². The first-order valence-corrected chi connectivity index (χ1v) is 8.48. The standard InChI is InChI=1S/C17H24BFN2O4/c1-16(2)17(3,4)25-18(24-16)12-5-6-14(13(19)11-12)20-15(22)21-7-9-23-10-8-21/h5-6,11H,7-10H2,1-4H3,(H,20,22). The summed E-state index contributed by atoms with van der Waals surface area (Å²) in [7, 11) is -0.636. The smallest absolute Gasteiger partial charge is 0.399 e. The van der Waals surface area contributed by atoms with E-state index in [0.29, 0.717) is 31.8 Å². The van der Waals surface area contributed by atoms with Crippen molar-refractivity contribution in [1.29, 1.82) is 0 Å². The van der Waals surface area contributed by atoms with Gasteiger partial charge in [-0.2, -0.15) is 0 Å². The molecule has 2 fully saturated rings. The second-order valence-electron chi connectivity index (χ2n) is 7.36. The Morgan fingerprint density at radius 1 is 1.16 bits per heavy atom. The topological polar surface area (TPSA) is 60.0 Å². The summed E-state index contributed by atoms with van der Waals surface area (Å²) in [6.07, 6.45) is 0. The zero-order valence-corrected chi connectivity index (χ0v) is 15.1. The summed E-state index contributed by atoms with van der Waals surface area (Å²) in [4.78, 5) is 13.8. The largest absolute Gasteiger partial charge is 0.494 e. The SMILES string of the molecule is CC1(C)OB(c2ccc(NC(=O)N3CCOCC3)c(F)c2)OC1(C)C. The van der Waals surface area contributed by atoms with Gasteiger partial charge < -0.3 is 24.3 Å². The molecule has 2 amide bonds. The number of nitrogens with zero attached hydrogens (tertiary/aromatic N) is 1. The first kappa shape index (κ1) is 18.2. The third kappa shape index (κ3) is 3.66. The summed E-state index contributed by atoms with van der Waals surface area (Å²) in [5.74, 6) is -0.520. The highest BCUT2D eigenvalue weighted by Gasteiger charge is 2.51. The number of nitrogens with one attached hydrogen (secondary N) is 1. The zero-order chi connectivity index (χ0) is 18.2. The number of rotatable bonds is 2. The number of benzene rings is 1. The molecule has 25 heavy (non-hydrogen) atoms. The number of carbonyl (C=O) groups is 1. The van der Waals surface area contributed by atoms with E-state index in [-0.39, 0.29) is 11.7 Å². The molecule has 0 bridgehead atoms. The van der Waals surface area contributed by atoms with Crippen molar-refractivity contribution in [2.45, 2.75) is 38.9 Å². The Kier molecular flexibility index (Phi) is 4.79. The van der Waals surface area contributed by atoms with E-state index < -0.39 is 24.1 Å². The summed E-state index contributed by atoms with van der Waals surface area (Å²) >= 11 is 0. The Morgan fingerprint density at radius 3 is 2.32 bits per heavy atom. The fourth-order valence-electron chi connectivity index (χ4n) is 2.72. The van der Waals surface area contributed by atoms with Crippen molar-refractivity contribution in [3.8, 4) is 0 Å². The van der Waals surface area contributed by atoms with Crippen LogP contribution in [0.3, 0.4) is 0 Å². The van der Waals surface area contributed by atoms with Gasteiger partial charge in [-0.25, -0.2) is 9.18 Å². The molecule has 0 spiro atoms. The maximum Gasteiger partial charge on any atom is 0.494 e. The lowest BCUT2D eigenvalue weighted by Crippen LogP contribution is -2.43. The normalized spacial score (nSPS) is 22.1. The summed E-state index contributed by atoms with van der Waals surface area (Å²) in [5, 5.41) is 2.61. The van der Waals surface area contributed by atoms with Gasteiger partial charge in [-0.1, -0.05) is 6.07 Å². The molecule has 2 saturated heterocycles. The van der Waals surface area contributed by atoms with Crippen LogP contribution < -0.4 is 10.8 Å². The van der Waals surface area contributed by atoms with Crippen LogP contribution in [0.15, 0.2) is 18.2 Å². The third-order valence-electron chi connectivity index (χ3n) is 5.06. The van der Waals surface area contributed by atoms with Crippen LogP contribution in [0.5, 0.6) is 0 Å². The number of anilines is 1. The van der Waals surface area contributed by atoms with Gasteiger partial charge in [-0.3, -0.25) is 0 Å². The fraction of sp³-hybridized carbons (Fsp3) is 0.588. The maximum absolute atomic E-state index is 14.4. The molecule has 0 aromatic heterocycles. The molecule has 2 aliphatic heterocycles. The van der Waals surface area contributed by atoms with Gasteiger partial charge in [0.1, 0.15) is 5.82 Å².